The third-order valence-electron chi connectivity index (χ3n) is 6.03. The minimum Gasteiger partial charge on any atom is -0.495 e. The first kappa shape index (κ1) is 15.2. The highest BCUT2D eigenvalue weighted by atomic mass is 16.5. The molecular formula is C20H17N3O3. The molecule has 0 N–H and O–H groups in total. The number of nitrogens with zero attached hydrogens (tertiary/aromatic N) is 3. The molecule has 0 spiro atoms. The number of benzene rings is 2. The predicted octanol–water partition coefficient (Wildman–Crippen LogP) is 3.04. The van der Waals surface area contributed by atoms with Gasteiger partial charge in [0.1, 0.15) is 23.4 Å². The van der Waals surface area contributed by atoms with E-state index in [4.69, 9.17) is 4.74 Å². The Kier molecular flexibility index (Phi) is 3.05. The summed E-state index contributed by atoms with van der Waals surface area (Å²) in [6.45, 7) is 0. The first-order valence-corrected chi connectivity index (χ1v) is 8.81. The zero-order valence-electron chi connectivity index (χ0n) is 14.3. The molecule has 3 fully saturated rings. The van der Waals surface area contributed by atoms with E-state index in [0.29, 0.717) is 27.8 Å². The molecule has 2 aromatic rings. The van der Waals surface area contributed by atoms with Crippen LogP contribution in [0, 0.1) is 17.2 Å². The molecule has 3 aliphatic rings. The molecule has 0 aromatic heterocycles. The molecule has 1 aliphatic carbocycles. The Labute approximate surface area is 150 Å². The molecule has 2 aromatic carbocycles. The van der Waals surface area contributed by atoms with Crippen LogP contribution in [0.15, 0.2) is 30.3 Å². The highest BCUT2D eigenvalue weighted by molar-refractivity contribution is 6.25. The third kappa shape index (κ3) is 1.75. The number of hydrogen-bond acceptors (Lipinski definition) is 4. The Balaban J connectivity index is 1.72. The lowest BCUT2D eigenvalue weighted by molar-refractivity contribution is -0.120. The zero-order chi connectivity index (χ0) is 18.0. The van der Waals surface area contributed by atoms with Crippen LogP contribution in [0.25, 0.3) is 10.8 Å². The van der Waals surface area contributed by atoms with Crippen molar-refractivity contribution in [3.8, 4) is 11.8 Å². The van der Waals surface area contributed by atoms with Crippen molar-refractivity contribution < 1.29 is 14.3 Å². The molecule has 6 nitrogen and oxygen atoms in total. The lowest BCUT2D eigenvalue weighted by atomic mass is 9.98. The number of methoxy groups -OCH3 is 1. The van der Waals surface area contributed by atoms with E-state index in [1.165, 1.54) is 12.0 Å². The van der Waals surface area contributed by atoms with E-state index < -0.39 is 0 Å². The van der Waals surface area contributed by atoms with Crippen molar-refractivity contribution in [2.24, 2.45) is 5.92 Å². The topological polar surface area (TPSA) is 73.6 Å². The second-order valence-electron chi connectivity index (χ2n) is 7.17. The van der Waals surface area contributed by atoms with Crippen molar-refractivity contribution in [1.82, 2.24) is 4.90 Å². The summed E-state index contributed by atoms with van der Waals surface area (Å²) in [5.74, 6) is 0.490. The molecule has 2 aliphatic heterocycles. The van der Waals surface area contributed by atoms with Crippen LogP contribution >= 0.6 is 0 Å². The van der Waals surface area contributed by atoms with Crippen molar-refractivity contribution in [1.29, 1.82) is 5.26 Å². The van der Waals surface area contributed by atoms with Crippen molar-refractivity contribution in [3.05, 3.63) is 35.9 Å². The van der Waals surface area contributed by atoms with E-state index in [2.05, 4.69) is 6.07 Å². The van der Waals surface area contributed by atoms with Crippen LogP contribution in [0.2, 0.25) is 0 Å². The van der Waals surface area contributed by atoms with Gasteiger partial charge in [-0.2, -0.15) is 5.26 Å². The van der Waals surface area contributed by atoms with E-state index in [1.807, 2.05) is 24.3 Å². The Morgan fingerprint density at radius 1 is 1.19 bits per heavy atom. The average Bonchev–Trinajstić information content (AvgIpc) is 3.34. The van der Waals surface area contributed by atoms with Gasteiger partial charge in [0.05, 0.1) is 12.8 Å². The molecule has 3 atom stereocenters. The van der Waals surface area contributed by atoms with E-state index in [0.717, 1.165) is 19.3 Å². The maximum absolute atomic E-state index is 13.1. The minimum atomic E-state index is -0.332. The number of ether oxygens (including phenoxy) is 1. The lowest BCUT2D eigenvalue weighted by Crippen LogP contribution is -2.40. The number of fused-ring (bicyclic) bond motifs is 6. The number of hydrogen-bond donors (Lipinski definition) is 0. The van der Waals surface area contributed by atoms with E-state index in [9.17, 15) is 14.9 Å². The quantitative estimate of drug-likeness (QED) is 0.783. The highest BCUT2D eigenvalue weighted by Crippen LogP contribution is 2.48. The molecule has 6 heteroatoms. The Bertz CT molecular complexity index is 981. The summed E-state index contributed by atoms with van der Waals surface area (Å²) in [6, 6.07) is 10.7. The predicted molar refractivity (Wildman–Crippen MR) is 94.9 cm³/mol. The first-order chi connectivity index (χ1) is 12.7. The number of amides is 3. The molecule has 26 heavy (non-hydrogen) atoms. The van der Waals surface area contributed by atoms with Gasteiger partial charge in [0, 0.05) is 22.9 Å². The van der Waals surface area contributed by atoms with Crippen LogP contribution in [-0.4, -0.2) is 36.0 Å². The normalized spacial score (nSPS) is 26.5. The number of rotatable bonds is 2. The van der Waals surface area contributed by atoms with Crippen molar-refractivity contribution >= 4 is 28.4 Å². The summed E-state index contributed by atoms with van der Waals surface area (Å²) in [5.41, 5.74) is 0.909. The highest BCUT2D eigenvalue weighted by Gasteiger charge is 2.59. The minimum absolute atomic E-state index is 0.154. The molecule has 2 heterocycles. The van der Waals surface area contributed by atoms with Gasteiger partial charge >= 0.3 is 6.03 Å². The van der Waals surface area contributed by atoms with Crippen LogP contribution in [0.3, 0.4) is 0 Å². The fraction of sp³-hybridized carbons (Fsp3) is 0.350. The Morgan fingerprint density at radius 2 is 1.96 bits per heavy atom. The van der Waals surface area contributed by atoms with Crippen LogP contribution in [0.5, 0.6) is 5.75 Å². The molecule has 5 rings (SSSR count). The molecule has 130 valence electrons. The summed E-state index contributed by atoms with van der Waals surface area (Å²) in [4.78, 5) is 29.3. The SMILES string of the molecule is COc1cc(N2C(=O)[C@@H]3[C@@H]4CC[C@@H](C4)N3C2=O)c2ccccc2c1C#N. The molecule has 0 unspecified atom stereocenters. The summed E-state index contributed by atoms with van der Waals surface area (Å²) in [6.07, 6.45) is 2.93. The van der Waals surface area contributed by atoms with Gasteiger partial charge in [-0.25, -0.2) is 9.69 Å². The number of anilines is 1. The maximum Gasteiger partial charge on any atom is 0.332 e. The number of carbonyl (C=O) groups excluding carboxylic acids is 2. The molecule has 2 bridgehead atoms. The van der Waals surface area contributed by atoms with Crippen LogP contribution < -0.4 is 9.64 Å². The van der Waals surface area contributed by atoms with Crippen LogP contribution in [0.4, 0.5) is 10.5 Å². The fourth-order valence-electron chi connectivity index (χ4n) is 4.94. The average molecular weight is 347 g/mol. The Morgan fingerprint density at radius 3 is 2.65 bits per heavy atom. The van der Waals surface area contributed by atoms with Gasteiger partial charge < -0.3 is 9.64 Å². The van der Waals surface area contributed by atoms with Gasteiger partial charge in [-0.1, -0.05) is 24.3 Å². The molecule has 1 saturated carbocycles. The zero-order valence-corrected chi connectivity index (χ0v) is 14.3. The Hall–Kier alpha value is -3.07. The van der Waals surface area contributed by atoms with E-state index in [-0.39, 0.29) is 29.9 Å². The summed E-state index contributed by atoms with van der Waals surface area (Å²) in [5, 5.41) is 10.9. The van der Waals surface area contributed by atoms with Gasteiger partial charge in [0.25, 0.3) is 5.91 Å². The van der Waals surface area contributed by atoms with Gasteiger partial charge in [0.2, 0.25) is 0 Å². The molecule has 3 amide bonds. The van der Waals surface area contributed by atoms with E-state index in [1.54, 1.807) is 11.0 Å². The van der Waals surface area contributed by atoms with Crippen molar-refractivity contribution in [3.63, 3.8) is 0 Å². The van der Waals surface area contributed by atoms with Crippen LogP contribution in [-0.2, 0) is 4.79 Å². The van der Waals surface area contributed by atoms with E-state index >= 15 is 0 Å². The number of piperidine rings is 1. The van der Waals surface area contributed by atoms with Gasteiger partial charge in [-0.3, -0.25) is 4.79 Å². The van der Waals surface area contributed by atoms with Gasteiger partial charge in [-0.05, 0) is 25.2 Å². The molecule has 0 radical (unpaired) electrons. The standard InChI is InChI=1S/C20H17N3O3/c1-26-17-9-16(14-5-3-2-4-13(14)15(17)10-21)23-19(24)18-11-6-7-12(8-11)22(18)20(23)25/h2-5,9,11-12,18H,6-8H2,1H3/t11-,12+,18+/m1/s1. The van der Waals surface area contributed by atoms with Gasteiger partial charge in [-0.15, -0.1) is 0 Å². The third-order valence-corrected chi connectivity index (χ3v) is 6.03. The number of carbonyl (C=O) groups is 2. The first-order valence-electron chi connectivity index (χ1n) is 8.81. The molecular weight excluding hydrogens is 330 g/mol. The number of urea groups is 1. The largest absolute Gasteiger partial charge is 0.495 e. The lowest BCUT2D eigenvalue weighted by Gasteiger charge is -2.25. The fourth-order valence-corrected chi connectivity index (χ4v) is 4.94. The van der Waals surface area contributed by atoms with Gasteiger partial charge in [0.15, 0.2) is 0 Å². The maximum atomic E-state index is 13.1. The monoisotopic (exact) mass is 347 g/mol. The van der Waals surface area contributed by atoms with Crippen molar-refractivity contribution in [2.45, 2.75) is 31.3 Å². The smallest absolute Gasteiger partial charge is 0.332 e. The summed E-state index contributed by atoms with van der Waals surface area (Å²) < 4.78 is 5.38. The number of imide groups is 1. The summed E-state index contributed by atoms with van der Waals surface area (Å²) in [7, 11) is 1.49. The molecule has 2 saturated heterocycles. The summed E-state index contributed by atoms with van der Waals surface area (Å²) >= 11 is 0. The second-order valence-corrected chi connectivity index (χ2v) is 7.17. The number of nitriles is 1. The van der Waals surface area contributed by atoms with Crippen molar-refractivity contribution in [2.75, 3.05) is 12.0 Å². The second kappa shape index (κ2) is 5.21. The van der Waals surface area contributed by atoms with Crippen LogP contribution in [0.1, 0.15) is 24.8 Å².